The summed E-state index contributed by atoms with van der Waals surface area (Å²) >= 11 is 0. The highest BCUT2D eigenvalue weighted by Crippen LogP contribution is 2.40. The molecule has 2 amide bonds. The Kier molecular flexibility index (Phi) is 4.84. The second kappa shape index (κ2) is 7.26. The maximum atomic E-state index is 13.2. The number of allylic oxidation sites excluding steroid dienone is 2. The van der Waals surface area contributed by atoms with E-state index in [-0.39, 0.29) is 23.7 Å². The largest absolute Gasteiger partial charge is 0.375 e. The van der Waals surface area contributed by atoms with Crippen LogP contribution in [-0.4, -0.2) is 29.8 Å². The van der Waals surface area contributed by atoms with Crippen molar-refractivity contribution >= 4 is 17.5 Å². The van der Waals surface area contributed by atoms with Gasteiger partial charge in [0.1, 0.15) is 0 Å². The zero-order chi connectivity index (χ0) is 18.1. The Morgan fingerprint density at radius 3 is 2.38 bits per heavy atom. The molecule has 1 aromatic carbocycles. The molecule has 0 bridgehead atoms. The lowest BCUT2D eigenvalue weighted by molar-refractivity contribution is -0.123. The summed E-state index contributed by atoms with van der Waals surface area (Å²) in [6.07, 6.45) is 9.69. The Balaban J connectivity index is 1.57. The first-order valence-corrected chi connectivity index (χ1v) is 10.0. The van der Waals surface area contributed by atoms with Crippen molar-refractivity contribution < 1.29 is 9.59 Å². The van der Waals surface area contributed by atoms with E-state index in [1.54, 1.807) is 0 Å². The molecule has 2 fully saturated rings. The number of aryl methyl sites for hydroxylation is 1. The number of likely N-dealkylation sites (tertiary alicyclic amines) is 1. The summed E-state index contributed by atoms with van der Waals surface area (Å²) in [6.45, 7) is 4.20. The molecule has 3 aliphatic rings. The van der Waals surface area contributed by atoms with E-state index in [1.807, 2.05) is 31.2 Å². The zero-order valence-corrected chi connectivity index (χ0v) is 15.6. The summed E-state index contributed by atoms with van der Waals surface area (Å²) in [6, 6.07) is 7.69. The minimum absolute atomic E-state index is 0.00587. The van der Waals surface area contributed by atoms with Crippen LogP contribution in [0, 0.1) is 18.8 Å². The Morgan fingerprint density at radius 1 is 0.923 bits per heavy atom. The Morgan fingerprint density at radius 2 is 1.65 bits per heavy atom. The molecular weight excluding hydrogens is 324 g/mol. The van der Waals surface area contributed by atoms with E-state index in [1.165, 1.54) is 29.9 Å². The molecule has 4 rings (SSSR count). The van der Waals surface area contributed by atoms with E-state index in [0.717, 1.165) is 37.9 Å². The third-order valence-electron chi connectivity index (χ3n) is 6.13. The highest BCUT2D eigenvalue weighted by Gasteiger charge is 2.45. The van der Waals surface area contributed by atoms with Gasteiger partial charge in [-0.05, 0) is 57.6 Å². The predicted molar refractivity (Wildman–Crippen MR) is 103 cm³/mol. The monoisotopic (exact) mass is 352 g/mol. The third kappa shape index (κ3) is 3.17. The number of anilines is 1. The van der Waals surface area contributed by atoms with E-state index in [0.29, 0.717) is 12.1 Å². The molecule has 1 aromatic rings. The standard InChI is InChI=1S/C22H28N2O2/c1-16-9-11-17(12-10-16)24-21(25)15-19(22(24)26)18-7-3-4-8-20(18)23-13-5-2-6-14-23/h8-12,18-19H,2-7,13-15H2,1H3/t18-,19-/m0/s1. The van der Waals surface area contributed by atoms with Crippen LogP contribution in [0.15, 0.2) is 36.0 Å². The van der Waals surface area contributed by atoms with Crippen molar-refractivity contribution in [3.8, 4) is 0 Å². The quantitative estimate of drug-likeness (QED) is 0.771. The second-order valence-electron chi connectivity index (χ2n) is 7.93. The maximum absolute atomic E-state index is 13.2. The lowest BCUT2D eigenvalue weighted by Crippen LogP contribution is -2.38. The van der Waals surface area contributed by atoms with Gasteiger partial charge in [-0.15, -0.1) is 0 Å². The number of imide groups is 1. The van der Waals surface area contributed by atoms with E-state index >= 15 is 0 Å². The molecule has 0 unspecified atom stereocenters. The van der Waals surface area contributed by atoms with Gasteiger partial charge in [0.2, 0.25) is 11.8 Å². The normalized spacial score (nSPS) is 27.0. The summed E-state index contributed by atoms with van der Waals surface area (Å²) in [5, 5.41) is 0. The van der Waals surface area contributed by atoms with Crippen LogP contribution in [0.2, 0.25) is 0 Å². The summed E-state index contributed by atoms with van der Waals surface area (Å²) in [5.41, 5.74) is 3.19. The number of carbonyl (C=O) groups is 2. The highest BCUT2D eigenvalue weighted by atomic mass is 16.2. The van der Waals surface area contributed by atoms with Gasteiger partial charge in [0.15, 0.2) is 0 Å². The van der Waals surface area contributed by atoms with E-state index in [2.05, 4.69) is 11.0 Å². The zero-order valence-electron chi connectivity index (χ0n) is 15.6. The van der Waals surface area contributed by atoms with Crippen LogP contribution in [0.3, 0.4) is 0 Å². The summed E-state index contributed by atoms with van der Waals surface area (Å²) < 4.78 is 0. The molecule has 4 heteroatoms. The summed E-state index contributed by atoms with van der Waals surface area (Å²) in [7, 11) is 0. The molecule has 2 heterocycles. The van der Waals surface area contributed by atoms with Crippen molar-refractivity contribution in [2.45, 2.75) is 51.9 Å². The maximum Gasteiger partial charge on any atom is 0.238 e. The fraction of sp³-hybridized carbons (Fsp3) is 0.545. The number of piperidine rings is 1. The van der Waals surface area contributed by atoms with Gasteiger partial charge in [-0.2, -0.15) is 0 Å². The van der Waals surface area contributed by atoms with Gasteiger partial charge in [-0.1, -0.05) is 23.8 Å². The average molecular weight is 352 g/mol. The van der Waals surface area contributed by atoms with Gasteiger partial charge < -0.3 is 4.90 Å². The molecule has 2 atom stereocenters. The molecule has 4 nitrogen and oxygen atoms in total. The molecular formula is C22H28N2O2. The molecule has 138 valence electrons. The number of rotatable bonds is 3. The second-order valence-corrected chi connectivity index (χ2v) is 7.93. The number of carbonyl (C=O) groups excluding carboxylic acids is 2. The first-order valence-electron chi connectivity index (χ1n) is 10.0. The lowest BCUT2D eigenvalue weighted by atomic mass is 9.80. The van der Waals surface area contributed by atoms with Crippen molar-refractivity contribution in [1.82, 2.24) is 4.90 Å². The van der Waals surface area contributed by atoms with Crippen LogP contribution in [0.5, 0.6) is 0 Å². The Bertz CT molecular complexity index is 716. The van der Waals surface area contributed by atoms with Crippen LogP contribution in [0.4, 0.5) is 5.69 Å². The van der Waals surface area contributed by atoms with Gasteiger partial charge in [-0.3, -0.25) is 14.5 Å². The first-order chi connectivity index (χ1) is 12.6. The molecule has 26 heavy (non-hydrogen) atoms. The van der Waals surface area contributed by atoms with Crippen LogP contribution in [-0.2, 0) is 9.59 Å². The van der Waals surface area contributed by atoms with E-state index in [4.69, 9.17) is 0 Å². The summed E-state index contributed by atoms with van der Waals surface area (Å²) in [5.74, 6) is -0.0490. The van der Waals surface area contributed by atoms with Gasteiger partial charge in [0.25, 0.3) is 0 Å². The number of nitrogens with zero attached hydrogens (tertiary/aromatic N) is 2. The minimum Gasteiger partial charge on any atom is -0.375 e. The van der Waals surface area contributed by atoms with Crippen molar-refractivity contribution in [2.24, 2.45) is 11.8 Å². The van der Waals surface area contributed by atoms with Crippen molar-refractivity contribution in [2.75, 3.05) is 18.0 Å². The summed E-state index contributed by atoms with van der Waals surface area (Å²) in [4.78, 5) is 29.8. The van der Waals surface area contributed by atoms with Crippen molar-refractivity contribution in [3.05, 3.63) is 41.6 Å². The molecule has 1 aliphatic carbocycles. The number of hydrogen-bond donors (Lipinski definition) is 0. The molecule has 0 aromatic heterocycles. The molecule has 2 aliphatic heterocycles. The molecule has 0 saturated carbocycles. The van der Waals surface area contributed by atoms with Crippen LogP contribution in [0.1, 0.15) is 50.5 Å². The van der Waals surface area contributed by atoms with Gasteiger partial charge in [0.05, 0.1) is 11.6 Å². The number of hydrogen-bond acceptors (Lipinski definition) is 3. The van der Waals surface area contributed by atoms with Gasteiger partial charge in [-0.25, -0.2) is 0 Å². The predicted octanol–water partition coefficient (Wildman–Crippen LogP) is 4.04. The number of benzene rings is 1. The lowest BCUT2D eigenvalue weighted by Gasteiger charge is -2.39. The van der Waals surface area contributed by atoms with Crippen molar-refractivity contribution in [3.63, 3.8) is 0 Å². The molecule has 2 saturated heterocycles. The van der Waals surface area contributed by atoms with Crippen LogP contribution < -0.4 is 4.90 Å². The average Bonchev–Trinajstić information content (AvgIpc) is 2.97. The smallest absolute Gasteiger partial charge is 0.238 e. The fourth-order valence-corrected chi connectivity index (χ4v) is 4.74. The van der Waals surface area contributed by atoms with Gasteiger partial charge >= 0.3 is 0 Å². The topological polar surface area (TPSA) is 40.6 Å². The van der Waals surface area contributed by atoms with Gasteiger partial charge in [0, 0.05) is 31.1 Å². The molecule has 0 spiro atoms. The third-order valence-corrected chi connectivity index (χ3v) is 6.13. The fourth-order valence-electron chi connectivity index (χ4n) is 4.74. The SMILES string of the molecule is Cc1ccc(N2C(=O)C[C@@H]([C@@H]3CCCC=C3N3CCCCC3)C2=O)cc1. The molecule has 0 radical (unpaired) electrons. The highest BCUT2D eigenvalue weighted by molar-refractivity contribution is 6.21. The minimum atomic E-state index is -0.197. The first kappa shape index (κ1) is 17.3. The van der Waals surface area contributed by atoms with Crippen molar-refractivity contribution in [1.29, 1.82) is 0 Å². The molecule has 0 N–H and O–H groups in total. The Labute approximate surface area is 155 Å². The van der Waals surface area contributed by atoms with Crippen LogP contribution in [0.25, 0.3) is 0 Å². The Hall–Kier alpha value is -2.10. The van der Waals surface area contributed by atoms with E-state index < -0.39 is 0 Å². The van der Waals surface area contributed by atoms with E-state index in [9.17, 15) is 9.59 Å². The van der Waals surface area contributed by atoms with Crippen LogP contribution >= 0.6 is 0 Å². The number of amides is 2.